The number of benzene rings is 1. The van der Waals surface area contributed by atoms with E-state index in [1.807, 2.05) is 5.38 Å². The van der Waals surface area contributed by atoms with E-state index in [0.717, 1.165) is 32.7 Å². The van der Waals surface area contributed by atoms with Crippen molar-refractivity contribution in [1.82, 2.24) is 19.7 Å². The number of alkyl halides is 3. The SMILES string of the molecule is Nc1cccc(Cl)c1C1CC(c2csc(C3CCN(C(=O)Cn4ccc(C(F)(F)F)n4)CC3)n2)=NO1. The highest BCUT2D eigenvalue weighted by Crippen LogP contribution is 2.38. The Morgan fingerprint density at radius 2 is 2.03 bits per heavy atom. The fraction of sp³-hybridized carbons (Fsp3) is 0.391. The molecule has 0 bridgehead atoms. The quantitative estimate of drug-likeness (QED) is 0.467. The van der Waals surface area contributed by atoms with Crippen molar-refractivity contribution in [2.45, 2.75) is 44.0 Å². The van der Waals surface area contributed by atoms with Gasteiger partial charge in [-0.2, -0.15) is 18.3 Å². The molecule has 2 N–H and O–H groups in total. The van der Waals surface area contributed by atoms with Crippen molar-refractivity contribution in [3.05, 3.63) is 62.8 Å². The first-order chi connectivity index (χ1) is 17.2. The van der Waals surface area contributed by atoms with E-state index in [9.17, 15) is 18.0 Å². The summed E-state index contributed by atoms with van der Waals surface area (Å²) in [6, 6.07) is 6.19. The van der Waals surface area contributed by atoms with Crippen molar-refractivity contribution >= 4 is 40.2 Å². The molecule has 0 saturated carbocycles. The predicted molar refractivity (Wildman–Crippen MR) is 129 cm³/mol. The number of likely N-dealkylation sites (tertiary alicyclic amines) is 1. The van der Waals surface area contributed by atoms with E-state index in [1.165, 1.54) is 6.20 Å². The van der Waals surface area contributed by atoms with Crippen molar-refractivity contribution in [2.75, 3.05) is 18.8 Å². The maximum atomic E-state index is 12.7. The number of amides is 1. The number of halogens is 4. The second-order valence-electron chi connectivity index (χ2n) is 8.70. The number of rotatable bonds is 5. The van der Waals surface area contributed by atoms with Gasteiger partial charge in [-0.15, -0.1) is 11.3 Å². The first kappa shape index (κ1) is 24.6. The number of carbonyl (C=O) groups is 1. The molecule has 2 aliphatic rings. The van der Waals surface area contributed by atoms with Gasteiger partial charge in [0.15, 0.2) is 11.8 Å². The van der Waals surface area contributed by atoms with Gasteiger partial charge < -0.3 is 15.5 Å². The van der Waals surface area contributed by atoms with Crippen LogP contribution in [0.2, 0.25) is 5.02 Å². The summed E-state index contributed by atoms with van der Waals surface area (Å²) < 4.78 is 39.2. The molecule has 1 unspecified atom stereocenters. The van der Waals surface area contributed by atoms with Gasteiger partial charge in [0.25, 0.3) is 0 Å². The van der Waals surface area contributed by atoms with Crippen molar-refractivity contribution < 1.29 is 22.8 Å². The molecule has 1 fully saturated rings. The number of nitrogens with two attached hydrogens (primary N) is 1. The smallest absolute Gasteiger partial charge is 0.398 e. The number of nitrogen functional groups attached to an aromatic ring is 1. The molecule has 1 saturated heterocycles. The molecular formula is C23H22ClF3N6O2S. The molecule has 8 nitrogen and oxygen atoms in total. The second-order valence-corrected chi connectivity index (χ2v) is 10.00. The minimum atomic E-state index is -4.53. The second kappa shape index (κ2) is 9.74. The van der Waals surface area contributed by atoms with Crippen LogP contribution in [0.15, 0.2) is 41.0 Å². The Kier molecular flexibility index (Phi) is 6.64. The fourth-order valence-corrected chi connectivity index (χ4v) is 5.70. The summed E-state index contributed by atoms with van der Waals surface area (Å²) in [5, 5.41) is 11.1. The lowest BCUT2D eigenvalue weighted by molar-refractivity contribution is -0.142. The van der Waals surface area contributed by atoms with Crippen LogP contribution in [0.1, 0.15) is 53.2 Å². The van der Waals surface area contributed by atoms with E-state index < -0.39 is 11.9 Å². The molecule has 0 radical (unpaired) electrons. The number of hydrogen-bond donors (Lipinski definition) is 1. The number of piperidine rings is 1. The summed E-state index contributed by atoms with van der Waals surface area (Å²) in [7, 11) is 0. The van der Waals surface area contributed by atoms with Crippen LogP contribution in [0.3, 0.4) is 0 Å². The number of hydrogen-bond acceptors (Lipinski definition) is 7. The van der Waals surface area contributed by atoms with E-state index in [0.29, 0.717) is 43.1 Å². The number of nitrogens with zero attached hydrogens (tertiary/aromatic N) is 5. The van der Waals surface area contributed by atoms with Gasteiger partial charge in [-0.05, 0) is 31.0 Å². The zero-order chi connectivity index (χ0) is 25.4. The Bertz CT molecular complexity index is 1280. The molecule has 190 valence electrons. The predicted octanol–water partition coefficient (Wildman–Crippen LogP) is 4.87. The summed E-state index contributed by atoms with van der Waals surface area (Å²) >= 11 is 7.85. The Hall–Kier alpha value is -3.12. The van der Waals surface area contributed by atoms with E-state index in [1.54, 1.807) is 34.4 Å². The number of carbonyl (C=O) groups excluding carboxylic acids is 1. The molecule has 0 aliphatic carbocycles. The van der Waals surface area contributed by atoms with E-state index >= 15 is 0 Å². The zero-order valence-electron chi connectivity index (χ0n) is 18.9. The maximum Gasteiger partial charge on any atom is 0.435 e. The van der Waals surface area contributed by atoms with Gasteiger partial charge in [0.2, 0.25) is 5.91 Å². The van der Waals surface area contributed by atoms with Crippen LogP contribution in [-0.4, -0.2) is 44.4 Å². The number of aromatic nitrogens is 3. The standard InChI is InChI=1S/C23H22ClF3N6O2S/c24-14-2-1-3-15(28)21(14)18-10-16(31-35-18)17-12-36-22(29-17)13-4-7-32(8-5-13)20(34)11-33-9-6-19(30-33)23(25,26)27/h1-3,6,9,12-13,18H,4-5,7-8,10-11,28H2. The van der Waals surface area contributed by atoms with E-state index in [-0.39, 0.29) is 24.5 Å². The van der Waals surface area contributed by atoms with Crippen molar-refractivity contribution in [1.29, 1.82) is 0 Å². The fourth-order valence-electron chi connectivity index (χ4n) is 4.40. The molecule has 36 heavy (non-hydrogen) atoms. The average Bonchev–Trinajstić information content (AvgIpc) is 3.59. The lowest BCUT2D eigenvalue weighted by atomic mass is 9.97. The van der Waals surface area contributed by atoms with Gasteiger partial charge in [-0.3, -0.25) is 9.48 Å². The largest absolute Gasteiger partial charge is 0.435 e. The van der Waals surface area contributed by atoms with Crippen LogP contribution in [0.5, 0.6) is 0 Å². The van der Waals surface area contributed by atoms with Crippen LogP contribution >= 0.6 is 22.9 Å². The topological polar surface area (TPSA) is 98.6 Å². The van der Waals surface area contributed by atoms with Gasteiger partial charge in [0.1, 0.15) is 12.3 Å². The normalized spacial score (nSPS) is 18.8. The highest BCUT2D eigenvalue weighted by molar-refractivity contribution is 7.10. The molecule has 1 amide bonds. The van der Waals surface area contributed by atoms with Gasteiger partial charge >= 0.3 is 6.18 Å². The van der Waals surface area contributed by atoms with E-state index in [2.05, 4.69) is 10.3 Å². The molecule has 2 aliphatic heterocycles. The third kappa shape index (κ3) is 5.05. The van der Waals surface area contributed by atoms with Crippen molar-refractivity contribution in [3.8, 4) is 0 Å². The van der Waals surface area contributed by atoms with Crippen molar-refractivity contribution in [2.24, 2.45) is 5.16 Å². The van der Waals surface area contributed by atoms with Crippen LogP contribution in [-0.2, 0) is 22.4 Å². The third-order valence-electron chi connectivity index (χ3n) is 6.32. The average molecular weight is 539 g/mol. The summed E-state index contributed by atoms with van der Waals surface area (Å²) in [6.45, 7) is 0.784. The van der Waals surface area contributed by atoms with Gasteiger partial charge in [-0.1, -0.05) is 22.8 Å². The molecule has 0 spiro atoms. The molecular weight excluding hydrogens is 517 g/mol. The lowest BCUT2D eigenvalue weighted by Crippen LogP contribution is -2.39. The van der Waals surface area contributed by atoms with Gasteiger partial charge in [0.05, 0.1) is 10.7 Å². The first-order valence-corrected chi connectivity index (χ1v) is 12.6. The van der Waals surface area contributed by atoms with Crippen LogP contribution in [0.4, 0.5) is 18.9 Å². The van der Waals surface area contributed by atoms with Crippen LogP contribution in [0.25, 0.3) is 0 Å². The molecule has 4 heterocycles. The molecule has 3 aromatic rings. The molecule has 1 atom stereocenters. The molecule has 5 rings (SSSR count). The summed E-state index contributed by atoms with van der Waals surface area (Å²) in [6.07, 6.45) is -1.79. The van der Waals surface area contributed by atoms with Crippen LogP contribution in [0, 0.1) is 0 Å². The van der Waals surface area contributed by atoms with Gasteiger partial charge in [0, 0.05) is 53.3 Å². The first-order valence-electron chi connectivity index (χ1n) is 11.3. The Morgan fingerprint density at radius 3 is 2.72 bits per heavy atom. The minimum Gasteiger partial charge on any atom is -0.398 e. The molecule has 1 aromatic carbocycles. The maximum absolute atomic E-state index is 12.7. The van der Waals surface area contributed by atoms with Crippen LogP contribution < -0.4 is 5.73 Å². The number of thiazole rings is 1. The summed E-state index contributed by atoms with van der Waals surface area (Å²) in [5.74, 6) is -0.0697. The molecule has 13 heteroatoms. The minimum absolute atomic E-state index is 0.187. The summed E-state index contributed by atoms with van der Waals surface area (Å²) in [4.78, 5) is 24.6. The Balaban J connectivity index is 1.15. The highest BCUT2D eigenvalue weighted by Gasteiger charge is 2.34. The molecule has 2 aromatic heterocycles. The highest BCUT2D eigenvalue weighted by atomic mass is 35.5. The Labute approximate surface area is 213 Å². The van der Waals surface area contributed by atoms with Crippen molar-refractivity contribution in [3.63, 3.8) is 0 Å². The summed E-state index contributed by atoms with van der Waals surface area (Å²) in [5.41, 5.74) is 7.82. The number of anilines is 1. The van der Waals surface area contributed by atoms with Gasteiger partial charge in [-0.25, -0.2) is 4.98 Å². The number of oxime groups is 1. The third-order valence-corrected chi connectivity index (χ3v) is 7.66. The monoisotopic (exact) mass is 538 g/mol. The lowest BCUT2D eigenvalue weighted by Gasteiger charge is -2.31. The zero-order valence-corrected chi connectivity index (χ0v) is 20.5. The Morgan fingerprint density at radius 1 is 1.25 bits per heavy atom. The van der Waals surface area contributed by atoms with E-state index in [4.69, 9.17) is 27.2 Å².